The number of benzene rings is 2. The van der Waals surface area contributed by atoms with Crippen molar-refractivity contribution in [1.82, 2.24) is 10.2 Å². The van der Waals surface area contributed by atoms with Crippen molar-refractivity contribution in [3.63, 3.8) is 0 Å². The van der Waals surface area contributed by atoms with Gasteiger partial charge in [0.25, 0.3) is 5.22 Å². The number of rotatable bonds is 6. The van der Waals surface area contributed by atoms with Crippen LogP contribution in [0.2, 0.25) is 0 Å². The molecule has 1 amide bonds. The average molecular weight is 431 g/mol. The highest BCUT2D eigenvalue weighted by molar-refractivity contribution is 8.00. The highest BCUT2D eigenvalue weighted by Crippen LogP contribution is 2.35. The molecule has 0 spiro atoms. The smallest absolute Gasteiger partial charge is 0.387 e. The second-order valence-electron chi connectivity index (χ2n) is 6.93. The summed E-state index contributed by atoms with van der Waals surface area (Å²) in [6.07, 6.45) is 0.829. The van der Waals surface area contributed by atoms with Crippen molar-refractivity contribution in [3.8, 4) is 17.2 Å². The first-order valence-electron chi connectivity index (χ1n) is 9.38. The van der Waals surface area contributed by atoms with Gasteiger partial charge in [-0.2, -0.15) is 8.78 Å². The molecule has 2 heterocycles. The van der Waals surface area contributed by atoms with Crippen molar-refractivity contribution in [1.29, 1.82) is 0 Å². The van der Waals surface area contributed by atoms with E-state index in [1.165, 1.54) is 23.9 Å². The highest BCUT2D eigenvalue weighted by Gasteiger charge is 2.34. The van der Waals surface area contributed by atoms with Crippen molar-refractivity contribution in [3.05, 3.63) is 54.1 Å². The topological polar surface area (TPSA) is 68.5 Å². The van der Waals surface area contributed by atoms with E-state index in [2.05, 4.69) is 14.9 Å². The maximum Gasteiger partial charge on any atom is 0.387 e. The Bertz CT molecular complexity index is 1040. The zero-order valence-corrected chi connectivity index (χ0v) is 17.1. The van der Waals surface area contributed by atoms with Gasteiger partial charge in [-0.15, -0.1) is 10.2 Å². The summed E-state index contributed by atoms with van der Waals surface area (Å²) in [4.78, 5) is 14.9. The number of carbonyl (C=O) groups excluding carboxylic acids is 1. The van der Waals surface area contributed by atoms with Crippen molar-refractivity contribution < 1.29 is 22.7 Å². The minimum absolute atomic E-state index is 0.0225. The Morgan fingerprint density at radius 3 is 2.67 bits per heavy atom. The van der Waals surface area contributed by atoms with E-state index in [9.17, 15) is 13.6 Å². The molecule has 0 N–H and O–H groups in total. The fourth-order valence-electron chi connectivity index (χ4n) is 3.45. The number of ether oxygens (including phenoxy) is 1. The lowest BCUT2D eigenvalue weighted by atomic mass is 10.1. The number of hydrogen-bond donors (Lipinski definition) is 0. The van der Waals surface area contributed by atoms with Gasteiger partial charge in [-0.25, -0.2) is 0 Å². The van der Waals surface area contributed by atoms with E-state index < -0.39 is 11.9 Å². The molecular formula is C21H19F2N3O3S. The van der Waals surface area contributed by atoms with Crippen LogP contribution in [-0.4, -0.2) is 34.0 Å². The summed E-state index contributed by atoms with van der Waals surface area (Å²) in [6, 6.07) is 13.9. The van der Waals surface area contributed by atoms with Crippen molar-refractivity contribution in [2.45, 2.75) is 43.4 Å². The second-order valence-corrected chi connectivity index (χ2v) is 8.22. The van der Waals surface area contributed by atoms with Crippen LogP contribution in [0.25, 0.3) is 11.5 Å². The van der Waals surface area contributed by atoms with E-state index in [1.54, 1.807) is 19.1 Å². The summed E-state index contributed by atoms with van der Waals surface area (Å²) >= 11 is 1.19. The van der Waals surface area contributed by atoms with Crippen molar-refractivity contribution in [2.75, 3.05) is 4.90 Å². The van der Waals surface area contributed by atoms with Gasteiger partial charge >= 0.3 is 6.61 Å². The van der Waals surface area contributed by atoms with Crippen LogP contribution in [0.3, 0.4) is 0 Å². The predicted octanol–water partition coefficient (Wildman–Crippen LogP) is 4.80. The first kappa shape index (κ1) is 20.3. The molecule has 9 heteroatoms. The highest BCUT2D eigenvalue weighted by atomic mass is 32.2. The van der Waals surface area contributed by atoms with E-state index in [0.29, 0.717) is 5.56 Å². The molecule has 2 unspecified atom stereocenters. The summed E-state index contributed by atoms with van der Waals surface area (Å²) in [6.45, 7) is 0.953. The lowest BCUT2D eigenvalue weighted by Crippen LogP contribution is -2.40. The van der Waals surface area contributed by atoms with Gasteiger partial charge in [0.15, 0.2) is 0 Å². The number of anilines is 1. The first-order chi connectivity index (χ1) is 14.4. The minimum atomic E-state index is -2.88. The summed E-state index contributed by atoms with van der Waals surface area (Å²) in [5, 5.41) is 7.83. The van der Waals surface area contributed by atoms with Crippen LogP contribution in [0.5, 0.6) is 5.75 Å². The number of aromatic nitrogens is 2. The lowest BCUT2D eigenvalue weighted by molar-refractivity contribution is -0.118. The van der Waals surface area contributed by atoms with Gasteiger partial charge < -0.3 is 14.1 Å². The molecule has 0 saturated carbocycles. The van der Waals surface area contributed by atoms with Crippen LogP contribution in [0.15, 0.2) is 58.2 Å². The zero-order chi connectivity index (χ0) is 21.3. The number of halogens is 2. The van der Waals surface area contributed by atoms with E-state index in [1.807, 2.05) is 36.1 Å². The fourth-order valence-corrected chi connectivity index (χ4v) is 4.18. The summed E-state index contributed by atoms with van der Waals surface area (Å²) < 4.78 is 34.5. The fraction of sp³-hybridized carbons (Fsp3) is 0.286. The molecule has 30 heavy (non-hydrogen) atoms. The molecule has 0 bridgehead atoms. The maximum absolute atomic E-state index is 13.1. The molecule has 0 fully saturated rings. The monoisotopic (exact) mass is 431 g/mol. The third-order valence-electron chi connectivity index (χ3n) is 4.80. The first-order valence-corrected chi connectivity index (χ1v) is 10.3. The number of para-hydroxylation sites is 1. The Hall–Kier alpha value is -2.94. The van der Waals surface area contributed by atoms with Crippen LogP contribution in [0.1, 0.15) is 19.4 Å². The van der Waals surface area contributed by atoms with Gasteiger partial charge in [-0.05, 0) is 56.2 Å². The molecule has 1 aliphatic heterocycles. The summed E-state index contributed by atoms with van der Waals surface area (Å²) in [7, 11) is 0. The number of thioether (sulfide) groups is 1. The predicted molar refractivity (Wildman–Crippen MR) is 109 cm³/mol. The third kappa shape index (κ3) is 4.16. The van der Waals surface area contributed by atoms with Crippen LogP contribution in [0, 0.1) is 0 Å². The summed E-state index contributed by atoms with van der Waals surface area (Å²) in [5.41, 5.74) is 2.67. The maximum atomic E-state index is 13.1. The lowest BCUT2D eigenvalue weighted by Gasteiger charge is -2.25. The Balaban J connectivity index is 1.44. The third-order valence-corrected chi connectivity index (χ3v) is 5.72. The Morgan fingerprint density at radius 1 is 1.20 bits per heavy atom. The summed E-state index contributed by atoms with van der Waals surface area (Å²) in [5.74, 6) is 0.258. The number of nitrogens with zero attached hydrogens (tertiary/aromatic N) is 3. The quantitative estimate of drug-likeness (QED) is 0.523. The number of fused-ring (bicyclic) bond motifs is 1. The van der Waals surface area contributed by atoms with Gasteiger partial charge in [0.05, 0.1) is 5.25 Å². The molecule has 2 atom stereocenters. The zero-order valence-electron chi connectivity index (χ0n) is 16.3. The van der Waals surface area contributed by atoms with E-state index in [4.69, 9.17) is 4.42 Å². The molecular weight excluding hydrogens is 412 g/mol. The molecule has 1 aliphatic rings. The van der Waals surface area contributed by atoms with Gasteiger partial charge in [-0.1, -0.05) is 30.0 Å². The molecule has 3 aromatic rings. The molecule has 2 aromatic carbocycles. The molecule has 4 rings (SSSR count). The Morgan fingerprint density at radius 2 is 1.93 bits per heavy atom. The molecule has 6 nitrogen and oxygen atoms in total. The van der Waals surface area contributed by atoms with E-state index >= 15 is 0 Å². The molecule has 0 aliphatic carbocycles. The molecule has 156 valence electrons. The number of carbonyl (C=O) groups is 1. The second kappa shape index (κ2) is 8.43. The van der Waals surface area contributed by atoms with Gasteiger partial charge in [0.2, 0.25) is 11.8 Å². The van der Waals surface area contributed by atoms with Crippen molar-refractivity contribution >= 4 is 23.4 Å². The van der Waals surface area contributed by atoms with Gasteiger partial charge in [0.1, 0.15) is 5.75 Å². The minimum Gasteiger partial charge on any atom is -0.435 e. The SMILES string of the molecule is CC(Sc1nnc(-c2ccc(OC(F)F)cc2)o1)C(=O)N1c2ccccc2CC1C. The number of amides is 1. The molecule has 1 aromatic heterocycles. The van der Waals surface area contributed by atoms with Crippen LogP contribution >= 0.6 is 11.8 Å². The Kier molecular flexibility index (Phi) is 5.72. The average Bonchev–Trinajstić information content (AvgIpc) is 3.31. The van der Waals surface area contributed by atoms with Crippen LogP contribution in [-0.2, 0) is 11.2 Å². The Labute approximate surface area is 176 Å². The number of alkyl halides is 2. The largest absolute Gasteiger partial charge is 0.435 e. The normalized spacial score (nSPS) is 16.6. The van der Waals surface area contributed by atoms with E-state index in [-0.39, 0.29) is 28.8 Å². The van der Waals surface area contributed by atoms with Gasteiger partial charge in [-0.3, -0.25) is 4.79 Å². The van der Waals surface area contributed by atoms with Crippen LogP contribution < -0.4 is 9.64 Å². The molecule has 0 radical (unpaired) electrons. The van der Waals surface area contributed by atoms with Crippen molar-refractivity contribution in [2.24, 2.45) is 0 Å². The van der Waals surface area contributed by atoms with Gasteiger partial charge in [0, 0.05) is 17.3 Å². The van der Waals surface area contributed by atoms with Crippen LogP contribution in [0.4, 0.5) is 14.5 Å². The van der Waals surface area contributed by atoms with E-state index in [0.717, 1.165) is 17.7 Å². The molecule has 0 saturated heterocycles. The standard InChI is InChI=1S/C21H19F2N3O3S/c1-12-11-15-5-3-4-6-17(15)26(12)19(27)13(2)30-21-25-24-18(29-21)14-7-9-16(10-8-14)28-20(22)23/h3-10,12-13,20H,11H2,1-2H3. The number of hydrogen-bond acceptors (Lipinski definition) is 6.